The molecule has 0 bridgehead atoms. The van der Waals surface area contributed by atoms with Crippen molar-refractivity contribution in [2.45, 2.75) is 77.0 Å². The van der Waals surface area contributed by atoms with Gasteiger partial charge in [0.05, 0.1) is 18.4 Å². The standard InChI is InChI=1S/C30H37F3N8O4/c1-16(2)26-38-28(45-39-26)40-8-6-17(7-9-40)36-27(42)23-12-35-25(13-34-23)41-14-19(18-10-21(32)22(33)11-20(18)31)24(15-41)37-29(43)44-30(3,4)5/h10-13,16-17,19,24H,6-9,14-15H2,1-5H3,(H,36,42)(H,37,43)/t19-,24+/m1/s1. The second kappa shape index (κ2) is 12.9. The Balaban J connectivity index is 1.22. The molecule has 2 saturated heterocycles. The molecule has 0 spiro atoms. The molecule has 2 fully saturated rings. The molecule has 2 aromatic heterocycles. The number of amides is 2. The van der Waals surface area contributed by atoms with Gasteiger partial charge in [-0.05, 0) is 45.2 Å². The molecule has 0 saturated carbocycles. The zero-order valence-corrected chi connectivity index (χ0v) is 25.8. The maximum Gasteiger partial charge on any atom is 0.407 e. The minimum absolute atomic E-state index is 0.0762. The average molecular weight is 631 g/mol. The van der Waals surface area contributed by atoms with Crippen molar-refractivity contribution in [3.8, 4) is 0 Å². The van der Waals surface area contributed by atoms with Crippen molar-refractivity contribution in [2.24, 2.45) is 0 Å². The van der Waals surface area contributed by atoms with Crippen LogP contribution in [0.2, 0.25) is 0 Å². The van der Waals surface area contributed by atoms with Crippen LogP contribution >= 0.6 is 0 Å². The number of aromatic nitrogens is 4. The Morgan fingerprint density at radius 3 is 2.31 bits per heavy atom. The van der Waals surface area contributed by atoms with Gasteiger partial charge in [-0.3, -0.25) is 4.79 Å². The van der Waals surface area contributed by atoms with Crippen molar-refractivity contribution in [2.75, 3.05) is 36.0 Å². The molecule has 2 N–H and O–H groups in total. The van der Waals surface area contributed by atoms with Gasteiger partial charge in [-0.15, -0.1) is 0 Å². The summed E-state index contributed by atoms with van der Waals surface area (Å²) < 4.78 is 53.3. The fourth-order valence-electron chi connectivity index (χ4n) is 5.40. The predicted molar refractivity (Wildman–Crippen MR) is 158 cm³/mol. The van der Waals surface area contributed by atoms with Gasteiger partial charge in [-0.1, -0.05) is 19.0 Å². The molecular formula is C30H37F3N8O4. The van der Waals surface area contributed by atoms with E-state index in [9.17, 15) is 22.8 Å². The molecular weight excluding hydrogens is 593 g/mol. The lowest BCUT2D eigenvalue weighted by Crippen LogP contribution is -2.45. The van der Waals surface area contributed by atoms with Crippen LogP contribution in [0.4, 0.5) is 29.8 Å². The van der Waals surface area contributed by atoms with Crippen molar-refractivity contribution in [3.05, 3.63) is 59.1 Å². The van der Waals surface area contributed by atoms with E-state index in [2.05, 4.69) is 30.7 Å². The summed E-state index contributed by atoms with van der Waals surface area (Å²) in [7, 11) is 0. The Bertz CT molecular complexity index is 1520. The maximum absolute atomic E-state index is 14.8. The van der Waals surface area contributed by atoms with Crippen molar-refractivity contribution in [1.29, 1.82) is 0 Å². The molecule has 4 heterocycles. The topological polar surface area (TPSA) is 139 Å². The first-order chi connectivity index (χ1) is 21.3. The monoisotopic (exact) mass is 630 g/mol. The molecule has 15 heteroatoms. The number of hydrogen-bond donors (Lipinski definition) is 2. The number of carbonyl (C=O) groups is 2. The third kappa shape index (κ3) is 7.63. The van der Waals surface area contributed by atoms with Gasteiger partial charge in [0, 0.05) is 50.1 Å². The highest BCUT2D eigenvalue weighted by Crippen LogP contribution is 2.33. The van der Waals surface area contributed by atoms with Gasteiger partial charge in [-0.2, -0.15) is 4.98 Å². The molecule has 2 aliphatic rings. The summed E-state index contributed by atoms with van der Waals surface area (Å²) in [5.41, 5.74) is -0.757. The third-order valence-electron chi connectivity index (χ3n) is 7.70. The number of carbonyl (C=O) groups excluding carboxylic acids is 2. The minimum Gasteiger partial charge on any atom is -0.444 e. The molecule has 0 radical (unpaired) electrons. The van der Waals surface area contributed by atoms with Crippen molar-refractivity contribution < 1.29 is 32.0 Å². The Labute approximate surface area is 258 Å². The van der Waals surface area contributed by atoms with Crippen LogP contribution in [0.5, 0.6) is 0 Å². The number of nitrogens with one attached hydrogen (secondary N) is 2. The highest BCUT2D eigenvalue weighted by atomic mass is 19.2. The zero-order chi connectivity index (χ0) is 32.5. The number of ether oxygens (including phenoxy) is 1. The van der Waals surface area contributed by atoms with Gasteiger partial charge in [0.1, 0.15) is 22.9 Å². The molecule has 242 valence electrons. The first-order valence-electron chi connectivity index (χ1n) is 14.9. The van der Waals surface area contributed by atoms with Gasteiger partial charge in [0.15, 0.2) is 17.5 Å². The van der Waals surface area contributed by atoms with Gasteiger partial charge in [0.2, 0.25) is 0 Å². The second-order valence-electron chi connectivity index (χ2n) is 12.6. The normalized spacial score (nSPS) is 19.2. The summed E-state index contributed by atoms with van der Waals surface area (Å²) in [6, 6.07) is 0.969. The Morgan fingerprint density at radius 2 is 1.69 bits per heavy atom. The molecule has 2 aliphatic heterocycles. The summed E-state index contributed by atoms with van der Waals surface area (Å²) in [5, 5.41) is 9.73. The summed E-state index contributed by atoms with van der Waals surface area (Å²) in [6.07, 6.45) is 3.38. The van der Waals surface area contributed by atoms with E-state index in [0.29, 0.717) is 49.7 Å². The first-order valence-corrected chi connectivity index (χ1v) is 14.9. The SMILES string of the molecule is CC(C)c1noc(N2CCC(NC(=O)c3cnc(N4C[C@H](NC(=O)OC(C)(C)C)[C@@H](c5cc(F)c(F)cc5F)C4)cn3)CC2)n1. The molecule has 45 heavy (non-hydrogen) atoms. The summed E-state index contributed by atoms with van der Waals surface area (Å²) in [5.74, 6) is -3.39. The number of hydrogen-bond acceptors (Lipinski definition) is 10. The number of nitrogens with zero attached hydrogens (tertiary/aromatic N) is 6. The quantitative estimate of drug-likeness (QED) is 0.364. The summed E-state index contributed by atoms with van der Waals surface area (Å²) in [4.78, 5) is 42.4. The number of anilines is 2. The number of rotatable bonds is 7. The Hall–Kier alpha value is -4.43. The van der Waals surface area contributed by atoms with Crippen LogP contribution in [0, 0.1) is 17.5 Å². The number of benzene rings is 1. The molecule has 2 amide bonds. The highest BCUT2D eigenvalue weighted by Gasteiger charge is 2.38. The van der Waals surface area contributed by atoms with E-state index in [-0.39, 0.29) is 42.2 Å². The van der Waals surface area contributed by atoms with Crippen LogP contribution in [0.3, 0.4) is 0 Å². The van der Waals surface area contributed by atoms with E-state index in [4.69, 9.17) is 9.26 Å². The zero-order valence-electron chi connectivity index (χ0n) is 25.8. The van der Waals surface area contributed by atoms with E-state index in [1.54, 1.807) is 25.7 Å². The summed E-state index contributed by atoms with van der Waals surface area (Å²) in [6.45, 7) is 10.6. The van der Waals surface area contributed by atoms with Crippen molar-refractivity contribution in [1.82, 2.24) is 30.7 Å². The number of piperidine rings is 1. The lowest BCUT2D eigenvalue weighted by Gasteiger charge is -2.30. The Morgan fingerprint density at radius 1 is 0.978 bits per heavy atom. The van der Waals surface area contributed by atoms with Crippen LogP contribution in [0.1, 0.15) is 81.2 Å². The van der Waals surface area contributed by atoms with Crippen LogP contribution in [-0.4, -0.2) is 76.0 Å². The van der Waals surface area contributed by atoms with E-state index < -0.39 is 41.1 Å². The van der Waals surface area contributed by atoms with E-state index in [0.717, 1.165) is 6.07 Å². The molecule has 0 unspecified atom stereocenters. The smallest absolute Gasteiger partial charge is 0.407 e. The third-order valence-corrected chi connectivity index (χ3v) is 7.70. The Kier molecular flexibility index (Phi) is 9.16. The molecule has 3 aromatic rings. The fraction of sp³-hybridized carbons (Fsp3) is 0.533. The molecule has 1 aromatic carbocycles. The summed E-state index contributed by atoms with van der Waals surface area (Å²) >= 11 is 0. The van der Waals surface area contributed by atoms with Gasteiger partial charge in [0.25, 0.3) is 5.91 Å². The van der Waals surface area contributed by atoms with Crippen LogP contribution in [-0.2, 0) is 4.74 Å². The van der Waals surface area contributed by atoms with E-state index >= 15 is 0 Å². The van der Waals surface area contributed by atoms with E-state index in [1.807, 2.05) is 18.7 Å². The molecule has 5 rings (SSSR count). The minimum atomic E-state index is -1.31. The molecule has 2 atom stereocenters. The van der Waals surface area contributed by atoms with Crippen LogP contribution < -0.4 is 20.4 Å². The first kappa shape index (κ1) is 32.0. The lowest BCUT2D eigenvalue weighted by molar-refractivity contribution is 0.0504. The fourth-order valence-corrected chi connectivity index (χ4v) is 5.40. The maximum atomic E-state index is 14.8. The lowest BCUT2D eigenvalue weighted by atomic mass is 9.93. The molecule has 12 nitrogen and oxygen atoms in total. The highest BCUT2D eigenvalue weighted by molar-refractivity contribution is 5.92. The van der Waals surface area contributed by atoms with Crippen LogP contribution in [0.15, 0.2) is 29.0 Å². The van der Waals surface area contributed by atoms with Crippen LogP contribution in [0.25, 0.3) is 0 Å². The van der Waals surface area contributed by atoms with Gasteiger partial charge < -0.3 is 29.7 Å². The number of alkyl carbamates (subject to hydrolysis) is 1. The predicted octanol–water partition coefficient (Wildman–Crippen LogP) is 4.30. The van der Waals surface area contributed by atoms with Gasteiger partial charge >= 0.3 is 12.1 Å². The average Bonchev–Trinajstić information content (AvgIpc) is 3.63. The van der Waals surface area contributed by atoms with Crippen molar-refractivity contribution in [3.63, 3.8) is 0 Å². The van der Waals surface area contributed by atoms with E-state index in [1.165, 1.54) is 12.4 Å². The van der Waals surface area contributed by atoms with Crippen molar-refractivity contribution >= 4 is 23.8 Å². The molecule has 0 aliphatic carbocycles. The largest absolute Gasteiger partial charge is 0.444 e. The number of halogens is 3. The van der Waals surface area contributed by atoms with Gasteiger partial charge in [-0.25, -0.2) is 27.9 Å². The second-order valence-corrected chi connectivity index (χ2v) is 12.6.